The van der Waals surface area contributed by atoms with E-state index in [2.05, 4.69) is 37.5 Å². The van der Waals surface area contributed by atoms with Crippen LogP contribution in [0.1, 0.15) is 11.3 Å². The van der Waals surface area contributed by atoms with Crippen molar-refractivity contribution in [2.45, 2.75) is 6.54 Å². The third-order valence-electron chi connectivity index (χ3n) is 2.13. The molecule has 0 fully saturated rings. The number of nitrogens with zero attached hydrogens (tertiary/aromatic N) is 2. The van der Waals surface area contributed by atoms with Crippen molar-refractivity contribution in [3.63, 3.8) is 0 Å². The van der Waals surface area contributed by atoms with Crippen molar-refractivity contribution in [3.05, 3.63) is 46.2 Å². The maximum Gasteiger partial charge on any atom is 0.0992 e. The van der Waals surface area contributed by atoms with Crippen LogP contribution in [-0.4, -0.2) is 10.2 Å². The van der Waals surface area contributed by atoms with Gasteiger partial charge in [-0.15, -0.1) is 0 Å². The fourth-order valence-electron chi connectivity index (χ4n) is 1.30. The van der Waals surface area contributed by atoms with Crippen molar-refractivity contribution >= 4 is 21.6 Å². The molecule has 0 aliphatic rings. The predicted molar refractivity (Wildman–Crippen MR) is 64.8 cm³/mol. The molecule has 0 radical (unpaired) electrons. The SMILES string of the molecule is N#Cc1ccc(NCc2ccn[nH]2)c(Br)c1. The number of aromatic amines is 1. The normalized spacial score (nSPS) is 9.75. The Morgan fingerprint density at radius 1 is 1.44 bits per heavy atom. The Morgan fingerprint density at radius 3 is 2.94 bits per heavy atom. The van der Waals surface area contributed by atoms with E-state index in [4.69, 9.17) is 5.26 Å². The largest absolute Gasteiger partial charge is 0.378 e. The quantitative estimate of drug-likeness (QED) is 0.906. The molecule has 1 aromatic heterocycles. The molecule has 1 aromatic carbocycles. The molecule has 0 aliphatic carbocycles. The lowest BCUT2D eigenvalue weighted by Gasteiger charge is -2.07. The minimum Gasteiger partial charge on any atom is -0.378 e. The molecule has 0 saturated carbocycles. The summed E-state index contributed by atoms with van der Waals surface area (Å²) in [4.78, 5) is 0. The first kappa shape index (κ1) is 10.7. The zero-order valence-electron chi connectivity index (χ0n) is 8.37. The van der Waals surface area contributed by atoms with Crippen molar-refractivity contribution in [2.24, 2.45) is 0 Å². The van der Waals surface area contributed by atoms with E-state index in [1.165, 1.54) is 0 Å². The smallest absolute Gasteiger partial charge is 0.0992 e. The van der Waals surface area contributed by atoms with Crippen molar-refractivity contribution in [1.29, 1.82) is 5.26 Å². The van der Waals surface area contributed by atoms with Gasteiger partial charge in [0.1, 0.15) is 0 Å². The van der Waals surface area contributed by atoms with Crippen LogP contribution in [0.4, 0.5) is 5.69 Å². The lowest BCUT2D eigenvalue weighted by molar-refractivity contribution is 0.981. The Hall–Kier alpha value is -1.80. The van der Waals surface area contributed by atoms with Gasteiger partial charge in [0.2, 0.25) is 0 Å². The number of benzene rings is 1. The van der Waals surface area contributed by atoms with E-state index in [9.17, 15) is 0 Å². The number of aromatic nitrogens is 2. The zero-order valence-corrected chi connectivity index (χ0v) is 9.95. The van der Waals surface area contributed by atoms with E-state index in [1.807, 2.05) is 12.1 Å². The molecule has 0 amide bonds. The summed E-state index contributed by atoms with van der Waals surface area (Å²) in [5.74, 6) is 0. The van der Waals surface area contributed by atoms with Crippen LogP contribution < -0.4 is 5.32 Å². The van der Waals surface area contributed by atoms with Crippen LogP contribution in [0.3, 0.4) is 0 Å². The second-order valence-corrected chi connectivity index (χ2v) is 4.10. The summed E-state index contributed by atoms with van der Waals surface area (Å²) in [6.45, 7) is 0.671. The number of nitrogens with one attached hydrogen (secondary N) is 2. The van der Waals surface area contributed by atoms with Crippen LogP contribution in [0.5, 0.6) is 0 Å². The summed E-state index contributed by atoms with van der Waals surface area (Å²) in [6.07, 6.45) is 1.71. The summed E-state index contributed by atoms with van der Waals surface area (Å²) >= 11 is 3.41. The summed E-state index contributed by atoms with van der Waals surface area (Å²) < 4.78 is 0.881. The average Bonchev–Trinajstić information content (AvgIpc) is 2.80. The molecule has 0 saturated heterocycles. The Balaban J connectivity index is 2.08. The molecule has 16 heavy (non-hydrogen) atoms. The number of hydrogen-bond acceptors (Lipinski definition) is 3. The molecule has 1 heterocycles. The van der Waals surface area contributed by atoms with Gasteiger partial charge < -0.3 is 5.32 Å². The molecule has 0 unspecified atom stereocenters. The topological polar surface area (TPSA) is 64.5 Å². The standard InChI is InChI=1S/C11H9BrN4/c12-10-5-8(6-13)1-2-11(10)14-7-9-3-4-15-16-9/h1-5,14H,7H2,(H,15,16). The summed E-state index contributed by atoms with van der Waals surface area (Å²) in [5, 5.41) is 18.7. The highest BCUT2D eigenvalue weighted by atomic mass is 79.9. The van der Waals surface area contributed by atoms with Gasteiger partial charge in [-0.05, 0) is 40.2 Å². The number of anilines is 1. The maximum atomic E-state index is 8.73. The number of H-pyrrole nitrogens is 1. The molecule has 0 atom stereocenters. The number of hydrogen-bond donors (Lipinski definition) is 2. The monoisotopic (exact) mass is 276 g/mol. The van der Waals surface area contributed by atoms with Gasteiger partial charge >= 0.3 is 0 Å². The fourth-order valence-corrected chi connectivity index (χ4v) is 1.82. The van der Waals surface area contributed by atoms with E-state index >= 15 is 0 Å². The second kappa shape index (κ2) is 4.81. The second-order valence-electron chi connectivity index (χ2n) is 3.24. The van der Waals surface area contributed by atoms with E-state index in [0.29, 0.717) is 12.1 Å². The maximum absolute atomic E-state index is 8.73. The van der Waals surface area contributed by atoms with Crippen LogP contribution in [-0.2, 0) is 6.54 Å². The fraction of sp³-hybridized carbons (Fsp3) is 0.0909. The number of nitriles is 1. The highest BCUT2D eigenvalue weighted by Gasteiger charge is 2.01. The van der Waals surface area contributed by atoms with E-state index in [0.717, 1.165) is 15.9 Å². The van der Waals surface area contributed by atoms with E-state index < -0.39 is 0 Å². The van der Waals surface area contributed by atoms with Gasteiger partial charge in [-0.1, -0.05) is 0 Å². The van der Waals surface area contributed by atoms with Crippen molar-refractivity contribution < 1.29 is 0 Å². The van der Waals surface area contributed by atoms with Crippen LogP contribution in [0.2, 0.25) is 0 Å². The van der Waals surface area contributed by atoms with Crippen LogP contribution in [0.15, 0.2) is 34.9 Å². The first-order valence-corrected chi connectivity index (χ1v) is 5.50. The van der Waals surface area contributed by atoms with Crippen LogP contribution in [0.25, 0.3) is 0 Å². The van der Waals surface area contributed by atoms with Gasteiger partial charge in [0.25, 0.3) is 0 Å². The van der Waals surface area contributed by atoms with Crippen LogP contribution >= 0.6 is 15.9 Å². The van der Waals surface area contributed by atoms with E-state index in [-0.39, 0.29) is 0 Å². The zero-order chi connectivity index (χ0) is 11.4. The molecule has 4 nitrogen and oxygen atoms in total. The Labute approximate surface area is 101 Å². The minimum absolute atomic E-state index is 0.638. The third kappa shape index (κ3) is 2.41. The summed E-state index contributed by atoms with van der Waals surface area (Å²) in [7, 11) is 0. The molecule has 0 bridgehead atoms. The molecule has 2 rings (SSSR count). The first-order valence-electron chi connectivity index (χ1n) is 4.71. The Bertz CT molecular complexity index is 513. The van der Waals surface area contributed by atoms with Gasteiger partial charge in [-0.2, -0.15) is 10.4 Å². The van der Waals surface area contributed by atoms with Crippen LogP contribution in [0, 0.1) is 11.3 Å². The van der Waals surface area contributed by atoms with Gasteiger partial charge in [-0.3, -0.25) is 5.10 Å². The average molecular weight is 277 g/mol. The van der Waals surface area contributed by atoms with Crippen molar-refractivity contribution in [1.82, 2.24) is 10.2 Å². The van der Waals surface area contributed by atoms with Gasteiger partial charge in [0, 0.05) is 16.4 Å². The molecule has 2 N–H and O–H groups in total. The molecule has 2 aromatic rings. The van der Waals surface area contributed by atoms with Crippen molar-refractivity contribution in [3.8, 4) is 6.07 Å². The molecule has 0 aliphatic heterocycles. The van der Waals surface area contributed by atoms with Gasteiger partial charge in [0.15, 0.2) is 0 Å². The predicted octanol–water partition coefficient (Wildman–Crippen LogP) is 2.66. The van der Waals surface area contributed by atoms with Gasteiger partial charge in [-0.25, -0.2) is 0 Å². The molecular weight excluding hydrogens is 268 g/mol. The molecule has 5 heteroatoms. The number of rotatable bonds is 3. The highest BCUT2D eigenvalue weighted by Crippen LogP contribution is 2.23. The Morgan fingerprint density at radius 2 is 2.31 bits per heavy atom. The first-order chi connectivity index (χ1) is 7.79. The van der Waals surface area contributed by atoms with Gasteiger partial charge in [0.05, 0.1) is 23.9 Å². The summed E-state index contributed by atoms with van der Waals surface area (Å²) in [6, 6.07) is 9.44. The molecular formula is C11H9BrN4. The summed E-state index contributed by atoms with van der Waals surface area (Å²) in [5.41, 5.74) is 2.60. The number of halogens is 1. The highest BCUT2D eigenvalue weighted by molar-refractivity contribution is 9.10. The Kier molecular flexibility index (Phi) is 3.22. The molecule has 80 valence electrons. The van der Waals surface area contributed by atoms with E-state index in [1.54, 1.807) is 18.3 Å². The third-order valence-corrected chi connectivity index (χ3v) is 2.78. The lowest BCUT2D eigenvalue weighted by atomic mass is 10.2. The minimum atomic E-state index is 0.638. The van der Waals surface area contributed by atoms with Crippen molar-refractivity contribution in [2.75, 3.05) is 5.32 Å². The molecule has 0 spiro atoms. The lowest BCUT2D eigenvalue weighted by Crippen LogP contribution is -2.00.